The summed E-state index contributed by atoms with van der Waals surface area (Å²) in [4.78, 5) is 1.77. The lowest BCUT2D eigenvalue weighted by Gasteiger charge is -2.15. The molecule has 0 radical (unpaired) electrons. The van der Waals surface area contributed by atoms with Crippen LogP contribution in [0.3, 0.4) is 0 Å². The molecule has 0 amide bonds. The van der Waals surface area contributed by atoms with Gasteiger partial charge in [-0.3, -0.25) is 4.90 Å². The summed E-state index contributed by atoms with van der Waals surface area (Å²) in [5, 5.41) is 0. The summed E-state index contributed by atoms with van der Waals surface area (Å²) in [6.45, 7) is 0. The largest absolute Gasteiger partial charge is 0.340 e. The highest BCUT2D eigenvalue weighted by atomic mass is 16.7. The molecule has 0 N–H and O–H groups in total. The molecule has 0 heterocycles. The standard InChI is InChI=1S/C5H12NO2/c1-6(2)5(7-3)8-4/h5H,3H2,1-2,4H3/q+1. The molecule has 0 saturated heterocycles. The van der Waals surface area contributed by atoms with E-state index in [1.54, 1.807) is 12.0 Å². The maximum absolute atomic E-state index is 4.80. The summed E-state index contributed by atoms with van der Waals surface area (Å²) in [5.74, 6) is 0. The van der Waals surface area contributed by atoms with Crippen LogP contribution in [0.5, 0.6) is 0 Å². The van der Waals surface area contributed by atoms with Gasteiger partial charge in [0.05, 0.1) is 0 Å². The van der Waals surface area contributed by atoms with E-state index >= 15 is 0 Å². The third-order valence-electron chi connectivity index (χ3n) is 0.766. The van der Waals surface area contributed by atoms with E-state index in [1.165, 1.54) is 0 Å². The molecule has 48 valence electrons. The van der Waals surface area contributed by atoms with Crippen LogP contribution in [0.1, 0.15) is 0 Å². The molecule has 0 aromatic carbocycles. The fourth-order valence-corrected chi connectivity index (χ4v) is 0.428. The first-order valence-electron chi connectivity index (χ1n) is 2.32. The third kappa shape index (κ3) is 2.16. The quantitative estimate of drug-likeness (QED) is 0.392. The first kappa shape index (κ1) is 7.75. The van der Waals surface area contributed by atoms with Crippen LogP contribution in [0.4, 0.5) is 0 Å². The van der Waals surface area contributed by atoms with E-state index in [1.807, 2.05) is 14.1 Å². The van der Waals surface area contributed by atoms with Gasteiger partial charge in [-0.2, -0.15) is 4.74 Å². The number of rotatable bonds is 3. The topological polar surface area (TPSA) is 21.7 Å². The molecule has 0 aromatic rings. The van der Waals surface area contributed by atoms with Gasteiger partial charge in [0.15, 0.2) is 0 Å². The van der Waals surface area contributed by atoms with Crippen molar-refractivity contribution in [2.24, 2.45) is 0 Å². The molecule has 0 aromatic heterocycles. The minimum absolute atomic E-state index is 0.324. The van der Waals surface area contributed by atoms with Gasteiger partial charge in [-0.1, -0.05) is 0 Å². The Labute approximate surface area is 50.2 Å². The van der Waals surface area contributed by atoms with Gasteiger partial charge in [-0.25, -0.2) is 0 Å². The van der Waals surface area contributed by atoms with Crippen LogP contribution in [-0.2, 0) is 9.47 Å². The third-order valence-corrected chi connectivity index (χ3v) is 0.766. The van der Waals surface area contributed by atoms with Gasteiger partial charge in [0.2, 0.25) is 7.11 Å². The molecule has 3 nitrogen and oxygen atoms in total. The Bertz CT molecular complexity index is 52.4. The fraction of sp³-hybridized carbons (Fsp3) is 0.800. The van der Waals surface area contributed by atoms with Crippen molar-refractivity contribution in [1.82, 2.24) is 4.90 Å². The Balaban J connectivity index is 3.35. The summed E-state index contributed by atoms with van der Waals surface area (Å²) in [7, 11) is 8.47. The van der Waals surface area contributed by atoms with Gasteiger partial charge >= 0.3 is 0 Å². The SMILES string of the molecule is [CH2+]OC(OC)N(C)C. The van der Waals surface area contributed by atoms with Gasteiger partial charge in [-0.15, -0.1) is 0 Å². The van der Waals surface area contributed by atoms with Crippen molar-refractivity contribution in [2.75, 3.05) is 21.2 Å². The van der Waals surface area contributed by atoms with Gasteiger partial charge in [0.1, 0.15) is 0 Å². The van der Waals surface area contributed by atoms with Crippen molar-refractivity contribution in [3.63, 3.8) is 0 Å². The van der Waals surface area contributed by atoms with Crippen LogP contribution < -0.4 is 0 Å². The van der Waals surface area contributed by atoms with E-state index in [0.29, 0.717) is 0 Å². The van der Waals surface area contributed by atoms with E-state index in [-0.39, 0.29) is 6.41 Å². The normalized spacial score (nSPS) is 14.5. The molecule has 0 saturated carbocycles. The molecule has 0 rings (SSSR count). The van der Waals surface area contributed by atoms with E-state index in [0.717, 1.165) is 0 Å². The average Bonchev–Trinajstić information content (AvgIpc) is 1.69. The number of nitrogens with zero attached hydrogens (tertiary/aromatic N) is 1. The van der Waals surface area contributed by atoms with Gasteiger partial charge in [0, 0.05) is 7.11 Å². The van der Waals surface area contributed by atoms with Crippen molar-refractivity contribution in [3.05, 3.63) is 7.11 Å². The molecule has 0 aliphatic rings. The van der Waals surface area contributed by atoms with E-state index in [2.05, 4.69) is 11.8 Å². The second-order valence-electron chi connectivity index (χ2n) is 1.67. The molecule has 0 fully saturated rings. The van der Waals surface area contributed by atoms with Crippen LogP contribution in [0.25, 0.3) is 0 Å². The van der Waals surface area contributed by atoms with Gasteiger partial charge in [0.25, 0.3) is 6.41 Å². The maximum atomic E-state index is 4.80. The van der Waals surface area contributed by atoms with Crippen LogP contribution >= 0.6 is 0 Å². The lowest BCUT2D eigenvalue weighted by Crippen LogP contribution is -2.30. The summed E-state index contributed by atoms with van der Waals surface area (Å²) in [6.07, 6.45) is -0.324. The minimum Gasteiger partial charge on any atom is -0.340 e. The highest BCUT2D eigenvalue weighted by molar-refractivity contribution is 4.35. The highest BCUT2D eigenvalue weighted by Gasteiger charge is 2.09. The Hall–Kier alpha value is -0.250. The second kappa shape index (κ2) is 3.72. The molecular weight excluding hydrogens is 106 g/mol. The van der Waals surface area contributed by atoms with Crippen LogP contribution in [0.2, 0.25) is 0 Å². The van der Waals surface area contributed by atoms with Crippen LogP contribution in [-0.4, -0.2) is 32.5 Å². The Morgan fingerprint density at radius 1 is 1.50 bits per heavy atom. The smallest absolute Gasteiger partial charge is 0.265 e. The monoisotopic (exact) mass is 118 g/mol. The van der Waals surface area contributed by atoms with E-state index in [9.17, 15) is 0 Å². The fourth-order valence-electron chi connectivity index (χ4n) is 0.428. The molecule has 0 spiro atoms. The Morgan fingerprint density at radius 3 is 2.00 bits per heavy atom. The number of ether oxygens (including phenoxy) is 2. The molecule has 0 bridgehead atoms. The molecular formula is C5H12NO2+. The molecule has 0 aliphatic heterocycles. The number of methoxy groups -OCH3 is 1. The first-order chi connectivity index (χ1) is 3.72. The number of hydrogen-bond donors (Lipinski definition) is 0. The first-order valence-corrected chi connectivity index (χ1v) is 2.32. The zero-order valence-electron chi connectivity index (χ0n) is 5.55. The van der Waals surface area contributed by atoms with Crippen molar-refractivity contribution in [3.8, 4) is 0 Å². The number of hydrogen-bond acceptors (Lipinski definition) is 3. The Morgan fingerprint density at radius 2 is 2.00 bits per heavy atom. The van der Waals surface area contributed by atoms with E-state index in [4.69, 9.17) is 4.74 Å². The van der Waals surface area contributed by atoms with Gasteiger partial charge < -0.3 is 4.74 Å². The van der Waals surface area contributed by atoms with Gasteiger partial charge in [-0.05, 0) is 14.1 Å². The van der Waals surface area contributed by atoms with Crippen LogP contribution in [0.15, 0.2) is 0 Å². The second-order valence-corrected chi connectivity index (χ2v) is 1.67. The molecule has 0 aliphatic carbocycles. The zero-order chi connectivity index (χ0) is 6.57. The van der Waals surface area contributed by atoms with Crippen LogP contribution in [0, 0.1) is 7.11 Å². The predicted octanol–water partition coefficient (Wildman–Crippen LogP) is 0.286. The Kier molecular flexibility index (Phi) is 3.60. The lowest BCUT2D eigenvalue weighted by molar-refractivity contribution is -0.166. The van der Waals surface area contributed by atoms with Crippen molar-refractivity contribution < 1.29 is 9.47 Å². The van der Waals surface area contributed by atoms with Crippen molar-refractivity contribution in [1.29, 1.82) is 0 Å². The lowest BCUT2D eigenvalue weighted by atomic mass is 10.9. The molecule has 3 heteroatoms. The average molecular weight is 118 g/mol. The predicted molar refractivity (Wildman–Crippen MR) is 30.9 cm³/mol. The molecule has 8 heavy (non-hydrogen) atoms. The summed E-state index contributed by atoms with van der Waals surface area (Å²) < 4.78 is 9.42. The summed E-state index contributed by atoms with van der Waals surface area (Å²) in [6, 6.07) is 0. The highest BCUT2D eigenvalue weighted by Crippen LogP contribution is 1.92. The summed E-state index contributed by atoms with van der Waals surface area (Å²) in [5.41, 5.74) is 0. The van der Waals surface area contributed by atoms with Crippen molar-refractivity contribution >= 4 is 0 Å². The van der Waals surface area contributed by atoms with Crippen molar-refractivity contribution in [2.45, 2.75) is 6.41 Å². The summed E-state index contributed by atoms with van der Waals surface area (Å²) >= 11 is 0. The maximum Gasteiger partial charge on any atom is 0.265 e. The molecule has 1 unspecified atom stereocenters. The molecule has 1 atom stereocenters. The zero-order valence-corrected chi connectivity index (χ0v) is 5.55. The minimum atomic E-state index is -0.324. The van der Waals surface area contributed by atoms with E-state index < -0.39 is 0 Å².